The lowest BCUT2D eigenvalue weighted by atomic mass is 9.94. The number of hydrogen-bond donors (Lipinski definition) is 1. The molecule has 1 aromatic heterocycles. The fourth-order valence-electron chi connectivity index (χ4n) is 2.33. The Bertz CT molecular complexity index is 488. The normalized spacial score (nSPS) is 10.8. The van der Waals surface area contributed by atoms with Gasteiger partial charge in [-0.25, -0.2) is 0 Å². The van der Waals surface area contributed by atoms with Crippen molar-refractivity contribution in [1.82, 2.24) is 0 Å². The Labute approximate surface area is 101 Å². The van der Waals surface area contributed by atoms with Crippen LogP contribution in [0.2, 0.25) is 0 Å². The molecule has 0 aliphatic carbocycles. The van der Waals surface area contributed by atoms with Crippen LogP contribution in [0.1, 0.15) is 21.6 Å². The smallest absolute Gasteiger partial charge is 0.0280 e. The van der Waals surface area contributed by atoms with Gasteiger partial charge >= 0.3 is 0 Å². The van der Waals surface area contributed by atoms with E-state index in [4.69, 9.17) is 5.73 Å². The van der Waals surface area contributed by atoms with E-state index in [1.807, 2.05) is 0 Å². The Hall–Kier alpha value is -1.12. The lowest BCUT2D eigenvalue weighted by Gasteiger charge is -2.11. The summed E-state index contributed by atoms with van der Waals surface area (Å²) < 4.78 is 0. The van der Waals surface area contributed by atoms with Crippen LogP contribution in [-0.2, 0) is 6.54 Å². The van der Waals surface area contributed by atoms with E-state index in [1.54, 1.807) is 11.3 Å². The zero-order valence-electron chi connectivity index (χ0n) is 10.0. The highest BCUT2D eigenvalue weighted by Crippen LogP contribution is 2.33. The van der Waals surface area contributed by atoms with E-state index < -0.39 is 0 Å². The molecule has 84 valence electrons. The van der Waals surface area contributed by atoms with Crippen LogP contribution in [0.3, 0.4) is 0 Å². The van der Waals surface area contributed by atoms with Gasteiger partial charge in [0, 0.05) is 11.4 Å². The van der Waals surface area contributed by atoms with Gasteiger partial charge in [0.05, 0.1) is 0 Å². The van der Waals surface area contributed by atoms with Crippen LogP contribution in [0, 0.1) is 20.8 Å². The third-order valence-corrected chi connectivity index (χ3v) is 3.82. The largest absolute Gasteiger partial charge is 0.326 e. The molecule has 0 aliphatic heterocycles. The highest BCUT2D eigenvalue weighted by Gasteiger charge is 2.11. The fraction of sp³-hybridized carbons (Fsp3) is 0.286. The highest BCUT2D eigenvalue weighted by atomic mass is 32.1. The summed E-state index contributed by atoms with van der Waals surface area (Å²) in [5.74, 6) is 0. The maximum Gasteiger partial charge on any atom is 0.0280 e. The topological polar surface area (TPSA) is 26.0 Å². The first-order chi connectivity index (χ1) is 7.63. The molecule has 2 aromatic rings. The molecule has 2 heteroatoms. The van der Waals surface area contributed by atoms with Crippen molar-refractivity contribution in [1.29, 1.82) is 0 Å². The number of nitrogens with two attached hydrogens (primary N) is 1. The molecule has 0 aliphatic rings. The lowest BCUT2D eigenvalue weighted by Crippen LogP contribution is -1.97. The number of hydrogen-bond acceptors (Lipinski definition) is 2. The van der Waals surface area contributed by atoms with Gasteiger partial charge in [0.25, 0.3) is 0 Å². The van der Waals surface area contributed by atoms with E-state index in [2.05, 4.69) is 44.4 Å². The third kappa shape index (κ3) is 1.91. The number of thiophene rings is 1. The first-order valence-electron chi connectivity index (χ1n) is 5.48. The SMILES string of the molecule is Cc1cc(C)c(-c2ccsc2CN)c(C)c1. The van der Waals surface area contributed by atoms with E-state index in [-0.39, 0.29) is 0 Å². The van der Waals surface area contributed by atoms with Crippen molar-refractivity contribution in [3.63, 3.8) is 0 Å². The number of rotatable bonds is 2. The van der Waals surface area contributed by atoms with Gasteiger partial charge in [-0.3, -0.25) is 0 Å². The molecule has 0 spiro atoms. The Morgan fingerprint density at radius 2 is 1.75 bits per heavy atom. The molecule has 2 N–H and O–H groups in total. The van der Waals surface area contributed by atoms with E-state index >= 15 is 0 Å². The van der Waals surface area contributed by atoms with Crippen LogP contribution in [0.15, 0.2) is 23.6 Å². The quantitative estimate of drug-likeness (QED) is 0.836. The minimum Gasteiger partial charge on any atom is -0.326 e. The predicted molar refractivity (Wildman–Crippen MR) is 71.9 cm³/mol. The zero-order valence-corrected chi connectivity index (χ0v) is 10.8. The fourth-order valence-corrected chi connectivity index (χ4v) is 3.09. The molecule has 1 heterocycles. The second kappa shape index (κ2) is 4.40. The molecular formula is C14H17NS. The second-order valence-electron chi connectivity index (χ2n) is 4.24. The average Bonchev–Trinajstić information content (AvgIpc) is 2.64. The molecule has 2 rings (SSSR count). The minimum absolute atomic E-state index is 0.625. The first kappa shape index (κ1) is 11.4. The van der Waals surface area contributed by atoms with Crippen molar-refractivity contribution in [2.45, 2.75) is 27.3 Å². The van der Waals surface area contributed by atoms with Gasteiger partial charge in [-0.05, 0) is 54.5 Å². The third-order valence-electron chi connectivity index (χ3n) is 2.88. The van der Waals surface area contributed by atoms with Crippen LogP contribution in [0.25, 0.3) is 11.1 Å². The maximum absolute atomic E-state index is 5.77. The van der Waals surface area contributed by atoms with E-state index in [0.29, 0.717) is 6.54 Å². The van der Waals surface area contributed by atoms with Crippen LogP contribution in [-0.4, -0.2) is 0 Å². The van der Waals surface area contributed by atoms with Crippen molar-refractivity contribution in [2.24, 2.45) is 5.73 Å². The molecule has 0 unspecified atom stereocenters. The summed E-state index contributed by atoms with van der Waals surface area (Å²) in [6.07, 6.45) is 0. The van der Waals surface area contributed by atoms with Crippen molar-refractivity contribution in [3.8, 4) is 11.1 Å². The summed E-state index contributed by atoms with van der Waals surface area (Å²) in [5, 5.41) is 2.12. The maximum atomic E-state index is 5.77. The minimum atomic E-state index is 0.625. The van der Waals surface area contributed by atoms with Gasteiger partial charge < -0.3 is 5.73 Å². The van der Waals surface area contributed by atoms with Crippen molar-refractivity contribution < 1.29 is 0 Å². The lowest BCUT2D eigenvalue weighted by molar-refractivity contribution is 1.11. The molecule has 1 nitrogen and oxygen atoms in total. The molecule has 0 atom stereocenters. The Morgan fingerprint density at radius 3 is 2.31 bits per heavy atom. The van der Waals surface area contributed by atoms with Crippen molar-refractivity contribution in [2.75, 3.05) is 0 Å². The monoisotopic (exact) mass is 231 g/mol. The van der Waals surface area contributed by atoms with Gasteiger partial charge in [0.15, 0.2) is 0 Å². The Balaban J connectivity index is 2.64. The van der Waals surface area contributed by atoms with E-state index in [0.717, 1.165) is 0 Å². The Morgan fingerprint density at radius 1 is 1.12 bits per heavy atom. The van der Waals surface area contributed by atoms with Crippen LogP contribution < -0.4 is 5.73 Å². The first-order valence-corrected chi connectivity index (χ1v) is 6.36. The molecule has 16 heavy (non-hydrogen) atoms. The number of aryl methyl sites for hydroxylation is 3. The zero-order chi connectivity index (χ0) is 11.7. The number of benzene rings is 1. The van der Waals surface area contributed by atoms with Crippen molar-refractivity contribution >= 4 is 11.3 Å². The van der Waals surface area contributed by atoms with Crippen molar-refractivity contribution in [3.05, 3.63) is 45.1 Å². The molecule has 1 aromatic carbocycles. The van der Waals surface area contributed by atoms with Crippen LogP contribution in [0.4, 0.5) is 0 Å². The molecule has 0 bridgehead atoms. The summed E-state index contributed by atoms with van der Waals surface area (Å²) in [7, 11) is 0. The van der Waals surface area contributed by atoms with E-state index in [9.17, 15) is 0 Å². The van der Waals surface area contributed by atoms with Gasteiger partial charge in [0.2, 0.25) is 0 Å². The molecule has 0 fully saturated rings. The standard InChI is InChI=1S/C14H17NS/c1-9-6-10(2)14(11(3)7-9)12-4-5-16-13(12)8-15/h4-7H,8,15H2,1-3H3. The summed E-state index contributed by atoms with van der Waals surface area (Å²) in [6, 6.07) is 6.65. The summed E-state index contributed by atoms with van der Waals surface area (Å²) in [6.45, 7) is 7.11. The molecule has 0 saturated heterocycles. The summed E-state index contributed by atoms with van der Waals surface area (Å²) in [4.78, 5) is 1.27. The summed E-state index contributed by atoms with van der Waals surface area (Å²) in [5.41, 5.74) is 12.4. The predicted octanol–water partition coefficient (Wildman–Crippen LogP) is 3.80. The van der Waals surface area contributed by atoms with Crippen LogP contribution >= 0.6 is 11.3 Å². The van der Waals surface area contributed by atoms with Gasteiger partial charge in [-0.2, -0.15) is 0 Å². The Kier molecular flexibility index (Phi) is 3.13. The highest BCUT2D eigenvalue weighted by molar-refractivity contribution is 7.10. The molecule has 0 saturated carbocycles. The van der Waals surface area contributed by atoms with Gasteiger partial charge in [-0.1, -0.05) is 17.7 Å². The average molecular weight is 231 g/mol. The second-order valence-corrected chi connectivity index (χ2v) is 5.24. The molecular weight excluding hydrogens is 214 g/mol. The van der Waals surface area contributed by atoms with E-state index in [1.165, 1.54) is 32.7 Å². The molecule has 0 radical (unpaired) electrons. The molecule has 0 amide bonds. The van der Waals surface area contributed by atoms with Crippen LogP contribution in [0.5, 0.6) is 0 Å². The van der Waals surface area contributed by atoms with Gasteiger partial charge in [0.1, 0.15) is 0 Å². The van der Waals surface area contributed by atoms with Gasteiger partial charge in [-0.15, -0.1) is 11.3 Å². The summed E-state index contributed by atoms with van der Waals surface area (Å²) >= 11 is 1.74.